The van der Waals surface area contributed by atoms with Gasteiger partial charge in [0.1, 0.15) is 12.1 Å². The predicted octanol–water partition coefficient (Wildman–Crippen LogP) is 4.56. The maximum Gasteiger partial charge on any atom is 0.139 e. The number of morpholine rings is 1. The SMILES string of the molecule is Cc1nc(C(C)C2CCCN(c3ncnc4cc(N5CCOCC5)ccc34)C2)sc1C. The Morgan fingerprint density at radius 1 is 1.10 bits per heavy atom. The zero-order valence-electron chi connectivity index (χ0n) is 18.7. The summed E-state index contributed by atoms with van der Waals surface area (Å²) in [5, 5.41) is 2.43. The van der Waals surface area contributed by atoms with Crippen molar-refractivity contribution in [3.63, 3.8) is 0 Å². The van der Waals surface area contributed by atoms with Gasteiger partial charge in [-0.15, -0.1) is 11.3 Å². The molecular formula is C24H31N5OS. The number of benzene rings is 1. The Kier molecular flexibility index (Phi) is 5.80. The number of aromatic nitrogens is 3. The Hall–Kier alpha value is -2.25. The van der Waals surface area contributed by atoms with Gasteiger partial charge in [0.05, 0.1) is 29.4 Å². The molecule has 0 amide bonds. The highest BCUT2D eigenvalue weighted by atomic mass is 32.1. The molecule has 1 aromatic carbocycles. The molecule has 0 N–H and O–H groups in total. The largest absolute Gasteiger partial charge is 0.378 e. The standard InChI is InChI=1S/C24H31N5OS/c1-16(24-27-17(2)18(3)31-24)19-5-4-8-29(14-19)23-21-7-6-20(13-22(21)25-15-26-23)28-9-11-30-12-10-28/h6-7,13,15-16,19H,4-5,8-12,14H2,1-3H3. The van der Waals surface area contributed by atoms with Gasteiger partial charge < -0.3 is 14.5 Å². The van der Waals surface area contributed by atoms with E-state index in [9.17, 15) is 0 Å². The molecule has 31 heavy (non-hydrogen) atoms. The lowest BCUT2D eigenvalue weighted by molar-refractivity contribution is 0.122. The first kappa shape index (κ1) is 20.6. The average Bonchev–Trinajstić information content (AvgIpc) is 3.16. The van der Waals surface area contributed by atoms with Crippen LogP contribution in [-0.2, 0) is 4.74 Å². The third-order valence-corrected chi connectivity index (χ3v) is 8.15. The fraction of sp³-hybridized carbons (Fsp3) is 0.542. The van der Waals surface area contributed by atoms with Crippen molar-refractivity contribution in [2.75, 3.05) is 49.2 Å². The molecule has 5 rings (SSSR count). The molecule has 0 spiro atoms. The van der Waals surface area contributed by atoms with Crippen LogP contribution in [0.5, 0.6) is 0 Å². The van der Waals surface area contributed by atoms with Crippen molar-refractivity contribution in [3.8, 4) is 0 Å². The molecule has 2 aromatic heterocycles. The van der Waals surface area contributed by atoms with Crippen LogP contribution >= 0.6 is 11.3 Å². The minimum absolute atomic E-state index is 0.473. The highest BCUT2D eigenvalue weighted by molar-refractivity contribution is 7.11. The van der Waals surface area contributed by atoms with E-state index in [-0.39, 0.29) is 0 Å². The molecule has 6 nitrogen and oxygen atoms in total. The van der Waals surface area contributed by atoms with E-state index in [0.29, 0.717) is 11.8 Å². The van der Waals surface area contributed by atoms with E-state index in [1.165, 1.54) is 34.1 Å². The molecule has 2 unspecified atom stereocenters. The summed E-state index contributed by atoms with van der Waals surface area (Å²) in [7, 11) is 0. The van der Waals surface area contributed by atoms with Crippen LogP contribution in [0.4, 0.5) is 11.5 Å². The number of thiazole rings is 1. The average molecular weight is 438 g/mol. The van der Waals surface area contributed by atoms with Gasteiger partial charge in [0.2, 0.25) is 0 Å². The molecule has 2 fully saturated rings. The number of anilines is 2. The van der Waals surface area contributed by atoms with Gasteiger partial charge in [0, 0.05) is 48.0 Å². The van der Waals surface area contributed by atoms with Crippen LogP contribution in [0.25, 0.3) is 10.9 Å². The Morgan fingerprint density at radius 3 is 2.71 bits per heavy atom. The normalized spacial score (nSPS) is 20.9. The van der Waals surface area contributed by atoms with Crippen molar-refractivity contribution < 1.29 is 4.74 Å². The quantitative estimate of drug-likeness (QED) is 0.596. The second-order valence-electron chi connectivity index (χ2n) is 8.83. The lowest BCUT2D eigenvalue weighted by Crippen LogP contribution is -2.38. The summed E-state index contributed by atoms with van der Waals surface area (Å²) in [4.78, 5) is 20.4. The number of rotatable bonds is 4. The lowest BCUT2D eigenvalue weighted by Gasteiger charge is -2.36. The molecule has 164 valence electrons. The molecule has 2 aliphatic heterocycles. The maximum atomic E-state index is 5.50. The summed E-state index contributed by atoms with van der Waals surface area (Å²) in [6.07, 6.45) is 4.16. The topological polar surface area (TPSA) is 54.4 Å². The Morgan fingerprint density at radius 2 is 1.94 bits per heavy atom. The first-order valence-electron chi connectivity index (χ1n) is 11.4. The summed E-state index contributed by atoms with van der Waals surface area (Å²) < 4.78 is 5.50. The van der Waals surface area contributed by atoms with Crippen LogP contribution < -0.4 is 9.80 Å². The number of nitrogens with zero attached hydrogens (tertiary/aromatic N) is 5. The monoisotopic (exact) mass is 437 g/mol. The molecule has 0 radical (unpaired) electrons. The number of aryl methyl sites for hydroxylation is 2. The molecule has 4 heterocycles. The molecule has 2 saturated heterocycles. The van der Waals surface area contributed by atoms with E-state index in [1.54, 1.807) is 6.33 Å². The lowest BCUT2D eigenvalue weighted by atomic mass is 9.87. The Bertz CT molecular complexity index is 1040. The van der Waals surface area contributed by atoms with Crippen LogP contribution in [0.3, 0.4) is 0 Å². The van der Waals surface area contributed by atoms with Crippen LogP contribution in [0.1, 0.15) is 41.3 Å². The minimum atomic E-state index is 0.473. The van der Waals surface area contributed by atoms with Gasteiger partial charge in [-0.05, 0) is 50.8 Å². The van der Waals surface area contributed by atoms with Crippen molar-refractivity contribution in [1.82, 2.24) is 15.0 Å². The zero-order chi connectivity index (χ0) is 21.4. The first-order valence-corrected chi connectivity index (χ1v) is 12.2. The van der Waals surface area contributed by atoms with Crippen LogP contribution in [-0.4, -0.2) is 54.3 Å². The number of ether oxygens (including phenoxy) is 1. The molecule has 3 aromatic rings. The van der Waals surface area contributed by atoms with Gasteiger partial charge >= 0.3 is 0 Å². The van der Waals surface area contributed by atoms with E-state index in [0.717, 1.165) is 56.1 Å². The number of hydrogen-bond acceptors (Lipinski definition) is 7. The van der Waals surface area contributed by atoms with Crippen molar-refractivity contribution in [1.29, 1.82) is 0 Å². The third-order valence-electron chi connectivity index (χ3n) is 6.87. The van der Waals surface area contributed by atoms with E-state index >= 15 is 0 Å². The van der Waals surface area contributed by atoms with Crippen LogP contribution in [0.15, 0.2) is 24.5 Å². The molecule has 0 aliphatic carbocycles. The first-order chi connectivity index (χ1) is 15.1. The number of fused-ring (bicyclic) bond motifs is 1. The zero-order valence-corrected chi connectivity index (χ0v) is 19.5. The summed E-state index contributed by atoms with van der Waals surface area (Å²) >= 11 is 1.86. The van der Waals surface area contributed by atoms with E-state index in [1.807, 2.05) is 11.3 Å². The molecule has 2 atom stereocenters. The highest BCUT2D eigenvalue weighted by Crippen LogP contribution is 2.37. The van der Waals surface area contributed by atoms with Crippen LogP contribution in [0.2, 0.25) is 0 Å². The summed E-state index contributed by atoms with van der Waals surface area (Å²) in [6.45, 7) is 12.2. The van der Waals surface area contributed by atoms with Gasteiger partial charge in [-0.3, -0.25) is 0 Å². The minimum Gasteiger partial charge on any atom is -0.378 e. The molecule has 0 bridgehead atoms. The van der Waals surface area contributed by atoms with Crippen molar-refractivity contribution in [2.45, 2.75) is 39.5 Å². The second kappa shape index (κ2) is 8.71. The maximum absolute atomic E-state index is 5.50. The van der Waals surface area contributed by atoms with E-state index < -0.39 is 0 Å². The highest BCUT2D eigenvalue weighted by Gasteiger charge is 2.29. The summed E-state index contributed by atoms with van der Waals surface area (Å²) in [6, 6.07) is 6.62. The second-order valence-corrected chi connectivity index (χ2v) is 10.1. The van der Waals surface area contributed by atoms with E-state index in [2.05, 4.69) is 53.8 Å². The predicted molar refractivity (Wildman–Crippen MR) is 128 cm³/mol. The molecular weight excluding hydrogens is 406 g/mol. The fourth-order valence-electron chi connectivity index (χ4n) is 4.81. The Balaban J connectivity index is 1.39. The van der Waals surface area contributed by atoms with E-state index in [4.69, 9.17) is 14.7 Å². The van der Waals surface area contributed by atoms with Crippen molar-refractivity contribution in [2.24, 2.45) is 5.92 Å². The van der Waals surface area contributed by atoms with Crippen LogP contribution in [0, 0.1) is 19.8 Å². The fourth-order valence-corrected chi connectivity index (χ4v) is 5.87. The van der Waals surface area contributed by atoms with Gasteiger partial charge in [0.25, 0.3) is 0 Å². The molecule has 2 aliphatic rings. The summed E-state index contributed by atoms with van der Waals surface area (Å²) in [5.41, 5.74) is 3.42. The smallest absolute Gasteiger partial charge is 0.139 e. The van der Waals surface area contributed by atoms with Gasteiger partial charge in [-0.25, -0.2) is 15.0 Å². The van der Waals surface area contributed by atoms with Crippen molar-refractivity contribution in [3.05, 3.63) is 40.1 Å². The van der Waals surface area contributed by atoms with Gasteiger partial charge in [-0.1, -0.05) is 6.92 Å². The Labute approximate surface area is 188 Å². The number of piperidine rings is 1. The summed E-state index contributed by atoms with van der Waals surface area (Å²) in [5.74, 6) is 2.14. The van der Waals surface area contributed by atoms with Gasteiger partial charge in [-0.2, -0.15) is 0 Å². The molecule has 7 heteroatoms. The third kappa shape index (κ3) is 4.13. The molecule has 0 saturated carbocycles. The number of hydrogen-bond donors (Lipinski definition) is 0. The van der Waals surface area contributed by atoms with Crippen molar-refractivity contribution >= 4 is 33.7 Å². The van der Waals surface area contributed by atoms with Gasteiger partial charge in [0.15, 0.2) is 0 Å².